The lowest BCUT2D eigenvalue weighted by Crippen LogP contribution is -1.93. The molecule has 0 spiro atoms. The lowest BCUT2D eigenvalue weighted by molar-refractivity contribution is 0.568. The molecule has 0 aliphatic heterocycles. The van der Waals surface area contributed by atoms with Crippen molar-refractivity contribution in [2.24, 2.45) is 5.92 Å². The standard InChI is InChI=1S/C25H18N6O/c1-13-2-3-14-8-16(14)9-17(13)19-4-5-20-23(27-19)24(31-30-20)25-28-21-11-26-10-18(22(21)29-25)15-6-7-32-12-15/h2-7,9-12,16H,8H2,1H3,(H,28,29)(H,30,31). The van der Waals surface area contributed by atoms with E-state index in [9.17, 15) is 0 Å². The summed E-state index contributed by atoms with van der Waals surface area (Å²) in [6, 6.07) is 6.00. The SMILES string of the molecule is CC1=CC=C2CC2C=C1c1ccc2[nH]nc(-c3nc4c(-c5ccoc5)cncc4[nH]3)c2n1. The molecule has 0 radical (unpaired) electrons. The number of H-pyrrole nitrogens is 2. The minimum atomic E-state index is 0.546. The molecule has 2 aliphatic rings. The molecule has 1 fully saturated rings. The van der Waals surface area contributed by atoms with Crippen LogP contribution >= 0.6 is 0 Å². The predicted molar refractivity (Wildman–Crippen MR) is 122 cm³/mol. The van der Waals surface area contributed by atoms with Gasteiger partial charge in [0, 0.05) is 23.2 Å². The summed E-state index contributed by atoms with van der Waals surface area (Å²) < 4.78 is 5.25. The van der Waals surface area contributed by atoms with Gasteiger partial charge in [0.15, 0.2) is 11.5 Å². The monoisotopic (exact) mass is 418 g/mol. The first-order valence-corrected chi connectivity index (χ1v) is 10.6. The molecule has 1 unspecified atom stereocenters. The maximum atomic E-state index is 5.25. The minimum Gasteiger partial charge on any atom is -0.472 e. The average Bonchev–Trinajstić information content (AvgIpc) is 3.19. The summed E-state index contributed by atoms with van der Waals surface area (Å²) in [6.07, 6.45) is 14.8. The van der Waals surface area contributed by atoms with E-state index in [1.165, 1.54) is 16.7 Å². The van der Waals surface area contributed by atoms with Crippen molar-refractivity contribution in [1.29, 1.82) is 0 Å². The molecule has 1 saturated carbocycles. The maximum Gasteiger partial charge on any atom is 0.161 e. The predicted octanol–water partition coefficient (Wildman–Crippen LogP) is 5.45. The molecular formula is C25H18N6O. The molecule has 5 aromatic rings. The normalized spacial score (nSPS) is 17.7. The molecule has 7 nitrogen and oxygen atoms in total. The van der Waals surface area contributed by atoms with Gasteiger partial charge < -0.3 is 9.40 Å². The number of allylic oxidation sites excluding steroid dienone is 6. The number of pyridine rings is 2. The second-order valence-electron chi connectivity index (χ2n) is 8.33. The zero-order valence-corrected chi connectivity index (χ0v) is 17.3. The highest BCUT2D eigenvalue weighted by molar-refractivity contribution is 5.95. The molecule has 0 aromatic carbocycles. The van der Waals surface area contributed by atoms with Crippen LogP contribution in [-0.2, 0) is 0 Å². The van der Waals surface area contributed by atoms with Gasteiger partial charge in [-0.25, -0.2) is 9.97 Å². The van der Waals surface area contributed by atoms with E-state index in [1.54, 1.807) is 24.9 Å². The fourth-order valence-electron chi connectivity index (χ4n) is 4.38. The van der Waals surface area contributed by atoms with Gasteiger partial charge in [0.25, 0.3) is 0 Å². The molecule has 5 heterocycles. The molecule has 2 aliphatic carbocycles. The van der Waals surface area contributed by atoms with Crippen molar-refractivity contribution >= 4 is 27.6 Å². The summed E-state index contributed by atoms with van der Waals surface area (Å²) in [5.41, 5.74) is 10.7. The maximum absolute atomic E-state index is 5.25. The zero-order chi connectivity index (χ0) is 21.2. The van der Waals surface area contributed by atoms with Crippen molar-refractivity contribution in [3.63, 3.8) is 0 Å². The lowest BCUT2D eigenvalue weighted by atomic mass is 10.0. The molecular weight excluding hydrogens is 400 g/mol. The van der Waals surface area contributed by atoms with Crippen LogP contribution in [0.4, 0.5) is 0 Å². The first-order chi connectivity index (χ1) is 15.7. The highest BCUT2D eigenvalue weighted by Gasteiger charge is 2.29. The van der Waals surface area contributed by atoms with Crippen LogP contribution < -0.4 is 0 Å². The van der Waals surface area contributed by atoms with Crippen LogP contribution in [0.5, 0.6) is 0 Å². The lowest BCUT2D eigenvalue weighted by Gasteiger charge is -2.07. The van der Waals surface area contributed by atoms with E-state index in [-0.39, 0.29) is 0 Å². The van der Waals surface area contributed by atoms with Crippen molar-refractivity contribution in [2.75, 3.05) is 0 Å². The van der Waals surface area contributed by atoms with Crippen LogP contribution in [-0.4, -0.2) is 30.1 Å². The number of hydrogen-bond donors (Lipinski definition) is 2. The summed E-state index contributed by atoms with van der Waals surface area (Å²) in [4.78, 5) is 17.6. The number of nitrogens with one attached hydrogen (secondary N) is 2. The number of rotatable bonds is 3. The fraction of sp³-hybridized carbons (Fsp3) is 0.120. The van der Waals surface area contributed by atoms with Gasteiger partial charge in [-0.3, -0.25) is 10.1 Å². The first kappa shape index (κ1) is 17.4. The Morgan fingerprint density at radius 2 is 2.00 bits per heavy atom. The van der Waals surface area contributed by atoms with Crippen LogP contribution in [0.2, 0.25) is 0 Å². The first-order valence-electron chi connectivity index (χ1n) is 10.6. The second kappa shape index (κ2) is 6.37. The number of imidazole rings is 1. The number of aromatic amines is 2. The van der Waals surface area contributed by atoms with Gasteiger partial charge in [0.05, 0.1) is 35.5 Å². The number of fused-ring (bicyclic) bond motifs is 3. The van der Waals surface area contributed by atoms with Gasteiger partial charge in [0.1, 0.15) is 11.0 Å². The molecule has 2 N–H and O–H groups in total. The van der Waals surface area contributed by atoms with E-state index in [1.807, 2.05) is 12.1 Å². The third-order valence-electron chi connectivity index (χ3n) is 6.25. The molecule has 32 heavy (non-hydrogen) atoms. The summed E-state index contributed by atoms with van der Waals surface area (Å²) in [6.45, 7) is 2.14. The van der Waals surface area contributed by atoms with Crippen molar-refractivity contribution in [1.82, 2.24) is 30.1 Å². The minimum absolute atomic E-state index is 0.546. The van der Waals surface area contributed by atoms with Gasteiger partial charge >= 0.3 is 0 Å². The molecule has 0 bridgehead atoms. The highest BCUT2D eigenvalue weighted by atomic mass is 16.3. The van der Waals surface area contributed by atoms with Crippen molar-refractivity contribution in [3.8, 4) is 22.6 Å². The summed E-state index contributed by atoms with van der Waals surface area (Å²) in [5, 5.41) is 7.63. The average molecular weight is 418 g/mol. The van der Waals surface area contributed by atoms with Crippen molar-refractivity contribution in [2.45, 2.75) is 13.3 Å². The Bertz CT molecular complexity index is 1610. The number of hydrogen-bond acceptors (Lipinski definition) is 5. The number of aromatic nitrogens is 6. The zero-order valence-electron chi connectivity index (χ0n) is 17.3. The number of nitrogens with zero attached hydrogens (tertiary/aromatic N) is 4. The second-order valence-corrected chi connectivity index (χ2v) is 8.33. The van der Waals surface area contributed by atoms with Gasteiger partial charge in [-0.1, -0.05) is 23.8 Å². The van der Waals surface area contributed by atoms with E-state index >= 15 is 0 Å². The number of furan rings is 1. The summed E-state index contributed by atoms with van der Waals surface area (Å²) in [5.74, 6) is 1.20. The Morgan fingerprint density at radius 3 is 2.91 bits per heavy atom. The van der Waals surface area contributed by atoms with Gasteiger partial charge in [-0.05, 0) is 42.7 Å². The van der Waals surface area contributed by atoms with E-state index in [0.29, 0.717) is 17.4 Å². The van der Waals surface area contributed by atoms with Crippen molar-refractivity contribution in [3.05, 3.63) is 78.2 Å². The van der Waals surface area contributed by atoms with E-state index in [0.717, 1.165) is 45.3 Å². The largest absolute Gasteiger partial charge is 0.472 e. The molecule has 0 saturated heterocycles. The van der Waals surface area contributed by atoms with E-state index < -0.39 is 0 Å². The van der Waals surface area contributed by atoms with Crippen LogP contribution in [0.1, 0.15) is 19.0 Å². The molecule has 0 amide bonds. The molecule has 5 aromatic heterocycles. The Balaban J connectivity index is 1.37. The molecule has 154 valence electrons. The van der Waals surface area contributed by atoms with Gasteiger partial charge in [0.2, 0.25) is 0 Å². The third-order valence-corrected chi connectivity index (χ3v) is 6.25. The van der Waals surface area contributed by atoms with Gasteiger partial charge in [-0.15, -0.1) is 0 Å². The van der Waals surface area contributed by atoms with Crippen molar-refractivity contribution < 1.29 is 4.42 Å². The summed E-state index contributed by atoms with van der Waals surface area (Å²) in [7, 11) is 0. The Morgan fingerprint density at radius 1 is 1.03 bits per heavy atom. The van der Waals surface area contributed by atoms with Crippen LogP contribution in [0.25, 0.3) is 50.3 Å². The quantitative estimate of drug-likeness (QED) is 0.406. The third kappa shape index (κ3) is 2.61. The Labute approximate surface area is 182 Å². The molecule has 7 heteroatoms. The molecule has 7 rings (SSSR count). The Hall–Kier alpha value is -4.26. The highest BCUT2D eigenvalue weighted by Crippen LogP contribution is 2.44. The van der Waals surface area contributed by atoms with E-state index in [4.69, 9.17) is 14.4 Å². The fourth-order valence-corrected chi connectivity index (χ4v) is 4.38. The van der Waals surface area contributed by atoms with Crippen LogP contribution in [0.3, 0.4) is 0 Å². The van der Waals surface area contributed by atoms with Crippen LogP contribution in [0.15, 0.2) is 76.9 Å². The van der Waals surface area contributed by atoms with Crippen LogP contribution in [0, 0.1) is 5.92 Å². The smallest absolute Gasteiger partial charge is 0.161 e. The summed E-state index contributed by atoms with van der Waals surface area (Å²) >= 11 is 0. The topological polar surface area (TPSA) is 96.3 Å². The Kier molecular flexibility index (Phi) is 3.47. The molecule has 1 atom stereocenters. The van der Waals surface area contributed by atoms with Gasteiger partial charge in [-0.2, -0.15) is 5.10 Å². The van der Waals surface area contributed by atoms with E-state index in [2.05, 4.69) is 51.4 Å².